The van der Waals surface area contributed by atoms with Crippen molar-refractivity contribution in [1.29, 1.82) is 0 Å². The van der Waals surface area contributed by atoms with Gasteiger partial charge in [-0.1, -0.05) is 31.0 Å². The third-order valence-electron chi connectivity index (χ3n) is 5.99. The summed E-state index contributed by atoms with van der Waals surface area (Å²) in [7, 11) is 0. The Morgan fingerprint density at radius 3 is 2.12 bits per heavy atom. The third kappa shape index (κ3) is 4.28. The third-order valence-corrected chi connectivity index (χ3v) is 5.99. The zero-order valence-electron chi connectivity index (χ0n) is 17.9. The molecule has 1 saturated carbocycles. The van der Waals surface area contributed by atoms with Crippen LogP contribution in [0.5, 0.6) is 0 Å². The van der Waals surface area contributed by atoms with Crippen LogP contribution in [0.1, 0.15) is 58.9 Å². The monoisotopic (exact) mass is 435 g/mol. The van der Waals surface area contributed by atoms with E-state index in [-0.39, 0.29) is 42.4 Å². The molecule has 1 saturated heterocycles. The zero-order chi connectivity index (χ0) is 22.7. The van der Waals surface area contributed by atoms with Gasteiger partial charge < -0.3 is 9.47 Å². The molecule has 1 aliphatic heterocycles. The number of fused-ring (bicyclic) bond motifs is 1. The number of imide groups is 1. The van der Waals surface area contributed by atoms with E-state index < -0.39 is 11.9 Å². The number of ether oxygens (including phenoxy) is 2. The first-order valence-electron chi connectivity index (χ1n) is 10.9. The fourth-order valence-electron chi connectivity index (χ4n) is 4.42. The highest BCUT2D eigenvalue weighted by atomic mass is 16.5. The van der Waals surface area contributed by atoms with Gasteiger partial charge in [0.05, 0.1) is 35.3 Å². The predicted octanol–water partition coefficient (Wildman–Crippen LogP) is 3.90. The van der Waals surface area contributed by atoms with E-state index in [1.54, 1.807) is 49.4 Å². The maximum Gasteiger partial charge on any atom is 0.338 e. The van der Waals surface area contributed by atoms with Gasteiger partial charge in [-0.05, 0) is 55.7 Å². The summed E-state index contributed by atoms with van der Waals surface area (Å²) < 4.78 is 10.4. The molecule has 2 atom stereocenters. The number of rotatable bonds is 6. The molecule has 4 rings (SSSR count). The number of esters is 2. The minimum atomic E-state index is -0.579. The van der Waals surface area contributed by atoms with Gasteiger partial charge in [-0.25, -0.2) is 9.59 Å². The van der Waals surface area contributed by atoms with Crippen molar-refractivity contribution in [1.82, 2.24) is 0 Å². The summed E-state index contributed by atoms with van der Waals surface area (Å²) in [6, 6.07) is 13.1. The van der Waals surface area contributed by atoms with E-state index in [1.807, 2.05) is 0 Å². The van der Waals surface area contributed by atoms with E-state index in [0.717, 1.165) is 25.7 Å². The first-order chi connectivity index (χ1) is 15.5. The molecule has 2 aromatic carbocycles. The Morgan fingerprint density at radius 2 is 1.47 bits per heavy atom. The summed E-state index contributed by atoms with van der Waals surface area (Å²) in [5.74, 6) is -1.88. The molecule has 2 aromatic rings. The van der Waals surface area contributed by atoms with Crippen LogP contribution in [0.15, 0.2) is 48.5 Å². The lowest BCUT2D eigenvalue weighted by Gasteiger charge is -2.19. The maximum atomic E-state index is 12.8. The molecule has 0 N–H and O–H groups in total. The quantitative estimate of drug-likeness (QED) is 0.505. The van der Waals surface area contributed by atoms with Crippen LogP contribution >= 0.6 is 0 Å². The number of nitrogens with zero attached hydrogens (tertiary/aromatic N) is 1. The number of amides is 2. The molecular weight excluding hydrogens is 410 g/mol. The Hall–Kier alpha value is -3.48. The van der Waals surface area contributed by atoms with Crippen LogP contribution in [-0.2, 0) is 25.7 Å². The molecule has 2 amide bonds. The Balaban J connectivity index is 1.45. The molecule has 2 aliphatic rings. The van der Waals surface area contributed by atoms with E-state index in [9.17, 15) is 19.2 Å². The Labute approximate surface area is 186 Å². The first kappa shape index (κ1) is 21.7. The first-order valence-corrected chi connectivity index (χ1v) is 10.9. The van der Waals surface area contributed by atoms with Crippen molar-refractivity contribution in [2.24, 2.45) is 11.8 Å². The number of hydrogen-bond acceptors (Lipinski definition) is 6. The van der Waals surface area contributed by atoms with Gasteiger partial charge >= 0.3 is 11.9 Å². The van der Waals surface area contributed by atoms with Crippen LogP contribution in [0.4, 0.5) is 5.69 Å². The van der Waals surface area contributed by atoms with Crippen molar-refractivity contribution in [2.45, 2.75) is 39.2 Å². The lowest BCUT2D eigenvalue weighted by molar-refractivity contribution is -0.122. The van der Waals surface area contributed by atoms with Crippen LogP contribution in [0.3, 0.4) is 0 Å². The van der Waals surface area contributed by atoms with Gasteiger partial charge in [-0.2, -0.15) is 0 Å². The Morgan fingerprint density at radius 1 is 0.875 bits per heavy atom. The highest BCUT2D eigenvalue weighted by Gasteiger charge is 2.48. The lowest BCUT2D eigenvalue weighted by Crippen LogP contribution is -2.31. The van der Waals surface area contributed by atoms with E-state index in [0.29, 0.717) is 16.8 Å². The summed E-state index contributed by atoms with van der Waals surface area (Å²) in [4.78, 5) is 51.4. The molecule has 166 valence electrons. The molecule has 7 heteroatoms. The van der Waals surface area contributed by atoms with Crippen molar-refractivity contribution in [3.63, 3.8) is 0 Å². The van der Waals surface area contributed by atoms with Gasteiger partial charge in [-0.15, -0.1) is 0 Å². The molecule has 0 radical (unpaired) electrons. The summed E-state index contributed by atoms with van der Waals surface area (Å²) in [6.07, 6.45) is 3.38. The number of carbonyl (C=O) groups is 4. The zero-order valence-corrected chi connectivity index (χ0v) is 17.9. The number of benzene rings is 2. The van der Waals surface area contributed by atoms with Crippen LogP contribution in [0.25, 0.3) is 0 Å². The smallest absolute Gasteiger partial charge is 0.338 e. The van der Waals surface area contributed by atoms with Crippen LogP contribution < -0.4 is 4.90 Å². The second-order valence-electron chi connectivity index (χ2n) is 8.06. The predicted molar refractivity (Wildman–Crippen MR) is 116 cm³/mol. The molecule has 0 spiro atoms. The van der Waals surface area contributed by atoms with Gasteiger partial charge in [0.15, 0.2) is 0 Å². The molecule has 0 aromatic heterocycles. The largest absolute Gasteiger partial charge is 0.462 e. The van der Waals surface area contributed by atoms with E-state index in [1.165, 1.54) is 11.0 Å². The molecule has 0 bridgehead atoms. The summed E-state index contributed by atoms with van der Waals surface area (Å²) in [5, 5.41) is 0. The number of hydrogen-bond donors (Lipinski definition) is 0. The van der Waals surface area contributed by atoms with Crippen molar-refractivity contribution in [3.8, 4) is 0 Å². The highest BCUT2D eigenvalue weighted by molar-refractivity contribution is 6.22. The fourth-order valence-corrected chi connectivity index (χ4v) is 4.42. The van der Waals surface area contributed by atoms with Crippen molar-refractivity contribution in [3.05, 3.63) is 65.2 Å². The van der Waals surface area contributed by atoms with Gasteiger partial charge in [0.25, 0.3) is 0 Å². The summed E-state index contributed by atoms with van der Waals surface area (Å²) in [5.41, 5.74) is 1.68. The van der Waals surface area contributed by atoms with Crippen molar-refractivity contribution in [2.75, 3.05) is 11.5 Å². The van der Waals surface area contributed by atoms with Crippen LogP contribution in [-0.4, -0.2) is 30.4 Å². The topological polar surface area (TPSA) is 90.0 Å². The Kier molecular flexibility index (Phi) is 6.35. The molecule has 1 aliphatic carbocycles. The number of anilines is 1. The lowest BCUT2D eigenvalue weighted by atomic mass is 9.81. The molecule has 2 fully saturated rings. The van der Waals surface area contributed by atoms with Gasteiger partial charge in [0.2, 0.25) is 11.8 Å². The van der Waals surface area contributed by atoms with Gasteiger partial charge in [0.1, 0.15) is 6.61 Å². The highest BCUT2D eigenvalue weighted by Crippen LogP contribution is 2.40. The molecular formula is C25H25NO6. The minimum absolute atomic E-state index is 0.0258. The normalized spacial score (nSPS) is 20.1. The standard InChI is InChI=1S/C25H25NO6/c1-2-31-24(29)17-8-5-7-16(13-17)15-32-25(30)18-9-6-10-19(14-18)26-22(27)20-11-3-4-12-21(20)23(26)28/h5-10,13-14,20-21H,2-4,11-12,15H2,1H3/t20-,21-/m0/s1. The SMILES string of the molecule is CCOC(=O)c1cccc(COC(=O)c2cccc(N3C(=O)[C@H]4CCCC[C@@H]4C3=O)c2)c1. The van der Waals surface area contributed by atoms with Crippen LogP contribution in [0.2, 0.25) is 0 Å². The average molecular weight is 435 g/mol. The molecule has 32 heavy (non-hydrogen) atoms. The van der Waals surface area contributed by atoms with Crippen LogP contribution in [0, 0.1) is 11.8 Å². The molecule has 7 nitrogen and oxygen atoms in total. The molecule has 0 unspecified atom stereocenters. The van der Waals surface area contributed by atoms with E-state index in [2.05, 4.69) is 0 Å². The molecule has 1 heterocycles. The van der Waals surface area contributed by atoms with E-state index >= 15 is 0 Å². The second-order valence-corrected chi connectivity index (χ2v) is 8.06. The second kappa shape index (κ2) is 9.34. The van der Waals surface area contributed by atoms with Gasteiger partial charge in [-0.3, -0.25) is 14.5 Å². The Bertz CT molecular complexity index is 1040. The number of carbonyl (C=O) groups excluding carboxylic acids is 4. The van der Waals surface area contributed by atoms with E-state index in [4.69, 9.17) is 9.47 Å². The minimum Gasteiger partial charge on any atom is -0.462 e. The fraction of sp³-hybridized carbons (Fsp3) is 0.360. The summed E-state index contributed by atoms with van der Waals surface area (Å²) in [6.45, 7) is 1.98. The summed E-state index contributed by atoms with van der Waals surface area (Å²) >= 11 is 0. The maximum absolute atomic E-state index is 12.8. The average Bonchev–Trinajstić information content (AvgIpc) is 3.08. The van der Waals surface area contributed by atoms with Crippen molar-refractivity contribution >= 4 is 29.4 Å². The van der Waals surface area contributed by atoms with Crippen molar-refractivity contribution < 1.29 is 28.7 Å². The van der Waals surface area contributed by atoms with Gasteiger partial charge in [0, 0.05) is 0 Å².